The zero-order valence-corrected chi connectivity index (χ0v) is 19.6. The molecule has 0 spiro atoms. The molecule has 0 fully saturated rings. The summed E-state index contributed by atoms with van der Waals surface area (Å²) in [5, 5.41) is 29.3. The highest BCUT2D eigenvalue weighted by atomic mass is 16.5. The van der Waals surface area contributed by atoms with Crippen LogP contribution < -0.4 is 9.47 Å². The molecule has 0 amide bonds. The largest absolute Gasteiger partial charge is 0.496 e. The monoisotopic (exact) mass is 440 g/mol. The van der Waals surface area contributed by atoms with Crippen LogP contribution in [0.4, 0.5) is 0 Å². The number of rotatable bonds is 12. The Morgan fingerprint density at radius 3 is 2.28 bits per heavy atom. The van der Waals surface area contributed by atoms with E-state index in [4.69, 9.17) is 9.47 Å². The van der Waals surface area contributed by atoms with Gasteiger partial charge in [-0.05, 0) is 65.8 Å². The maximum atomic E-state index is 10.5. The zero-order chi connectivity index (χ0) is 23.6. The summed E-state index contributed by atoms with van der Waals surface area (Å²) in [6.07, 6.45) is 7.91. The minimum absolute atomic E-state index is 0.104. The molecule has 0 aliphatic rings. The van der Waals surface area contributed by atoms with Crippen molar-refractivity contribution in [3.05, 3.63) is 76.9 Å². The van der Waals surface area contributed by atoms with E-state index < -0.39 is 5.60 Å². The van der Waals surface area contributed by atoms with Gasteiger partial charge in [0.05, 0.1) is 25.9 Å². The van der Waals surface area contributed by atoms with Crippen molar-refractivity contribution >= 4 is 5.57 Å². The van der Waals surface area contributed by atoms with Gasteiger partial charge in [0.1, 0.15) is 18.1 Å². The first-order valence-electron chi connectivity index (χ1n) is 11.2. The Labute approximate surface area is 191 Å². The van der Waals surface area contributed by atoms with Crippen LogP contribution in [0.2, 0.25) is 0 Å². The van der Waals surface area contributed by atoms with Crippen LogP contribution in [0, 0.1) is 0 Å². The first-order valence-corrected chi connectivity index (χ1v) is 11.2. The van der Waals surface area contributed by atoms with Crippen LogP contribution in [-0.2, 0) is 19.8 Å². The van der Waals surface area contributed by atoms with Crippen LogP contribution in [0.15, 0.2) is 54.6 Å². The molecular formula is C27H36O5. The van der Waals surface area contributed by atoms with E-state index >= 15 is 0 Å². The van der Waals surface area contributed by atoms with Gasteiger partial charge in [0.25, 0.3) is 0 Å². The molecule has 0 aliphatic carbocycles. The fraction of sp³-hybridized carbons (Fsp3) is 0.407. The predicted molar refractivity (Wildman–Crippen MR) is 129 cm³/mol. The van der Waals surface area contributed by atoms with Crippen molar-refractivity contribution in [2.45, 2.75) is 65.5 Å². The lowest BCUT2D eigenvalue weighted by Crippen LogP contribution is -2.22. The minimum atomic E-state index is -0.788. The van der Waals surface area contributed by atoms with Crippen LogP contribution >= 0.6 is 0 Å². The summed E-state index contributed by atoms with van der Waals surface area (Å²) in [6, 6.07) is 11.3. The third kappa shape index (κ3) is 6.70. The molecule has 32 heavy (non-hydrogen) atoms. The van der Waals surface area contributed by atoms with Gasteiger partial charge in [-0.3, -0.25) is 0 Å². The van der Waals surface area contributed by atoms with E-state index in [9.17, 15) is 15.3 Å². The van der Waals surface area contributed by atoms with Gasteiger partial charge in [0.15, 0.2) is 0 Å². The maximum absolute atomic E-state index is 10.5. The van der Waals surface area contributed by atoms with Gasteiger partial charge in [-0.1, -0.05) is 51.1 Å². The quantitative estimate of drug-likeness (QED) is 0.397. The molecule has 2 aromatic carbocycles. The highest BCUT2D eigenvalue weighted by Gasteiger charge is 2.17. The minimum Gasteiger partial charge on any atom is -0.496 e. The van der Waals surface area contributed by atoms with E-state index in [1.165, 1.54) is 0 Å². The summed E-state index contributed by atoms with van der Waals surface area (Å²) in [7, 11) is 1.65. The normalized spacial score (nSPS) is 12.4. The number of benzene rings is 2. The Balaban J connectivity index is 2.26. The Hall–Kier alpha value is -2.60. The van der Waals surface area contributed by atoms with Gasteiger partial charge in [0.2, 0.25) is 0 Å². The van der Waals surface area contributed by atoms with E-state index in [1.54, 1.807) is 7.11 Å². The van der Waals surface area contributed by atoms with Crippen molar-refractivity contribution in [3.8, 4) is 11.5 Å². The molecule has 0 saturated heterocycles. The maximum Gasteiger partial charge on any atom is 0.126 e. The molecule has 0 aromatic heterocycles. The molecular weight excluding hydrogens is 404 g/mol. The van der Waals surface area contributed by atoms with Crippen LogP contribution in [-0.4, -0.2) is 28.0 Å². The number of allylic oxidation sites excluding steroid dienone is 3. The molecule has 0 bridgehead atoms. The Morgan fingerprint density at radius 2 is 1.69 bits per heavy atom. The molecule has 0 saturated carbocycles. The predicted octanol–water partition coefficient (Wildman–Crippen LogP) is 5.16. The number of methoxy groups -OCH3 is 1. The second-order valence-electron chi connectivity index (χ2n) is 7.79. The molecule has 0 atom stereocenters. The second-order valence-corrected chi connectivity index (χ2v) is 7.79. The highest BCUT2D eigenvalue weighted by molar-refractivity contribution is 5.72. The molecule has 0 aliphatic heterocycles. The van der Waals surface area contributed by atoms with Gasteiger partial charge >= 0.3 is 0 Å². The zero-order valence-electron chi connectivity index (χ0n) is 19.6. The third-order valence-corrected chi connectivity index (χ3v) is 5.84. The Morgan fingerprint density at radius 1 is 0.969 bits per heavy atom. The van der Waals surface area contributed by atoms with Gasteiger partial charge < -0.3 is 24.8 Å². The van der Waals surface area contributed by atoms with Crippen molar-refractivity contribution in [3.63, 3.8) is 0 Å². The van der Waals surface area contributed by atoms with Gasteiger partial charge in [-0.15, -0.1) is 0 Å². The van der Waals surface area contributed by atoms with Gasteiger partial charge in [-0.25, -0.2) is 0 Å². The SMILES string of the molecule is CCC(=CC=CC(O)(CC)CC)c1cc(OCc2ccc(CO)c(CO)c2)ccc1OC. The lowest BCUT2D eigenvalue weighted by molar-refractivity contribution is 0.0828. The van der Waals surface area contributed by atoms with E-state index in [0.29, 0.717) is 36.3 Å². The van der Waals surface area contributed by atoms with E-state index in [-0.39, 0.29) is 13.2 Å². The molecule has 0 heterocycles. The van der Waals surface area contributed by atoms with Crippen LogP contribution in [0.5, 0.6) is 11.5 Å². The summed E-state index contributed by atoms with van der Waals surface area (Å²) in [5.41, 5.74) is 3.56. The molecule has 3 N–H and O–H groups in total. The van der Waals surface area contributed by atoms with Crippen molar-refractivity contribution in [2.24, 2.45) is 0 Å². The standard InChI is InChI=1S/C27H36O5/c1-5-21(9-8-14-27(30,6-2)7-3)25-16-24(12-13-26(25)31-4)32-19-20-10-11-22(17-28)23(15-20)18-29/h8-16,28-30H,5-7,17-19H2,1-4H3. The van der Waals surface area contributed by atoms with Crippen molar-refractivity contribution in [1.29, 1.82) is 0 Å². The number of hydrogen-bond donors (Lipinski definition) is 3. The van der Waals surface area contributed by atoms with E-state index in [1.807, 2.05) is 68.5 Å². The highest BCUT2D eigenvalue weighted by Crippen LogP contribution is 2.32. The first-order chi connectivity index (χ1) is 15.4. The van der Waals surface area contributed by atoms with Crippen LogP contribution in [0.1, 0.15) is 62.3 Å². The second kappa shape index (κ2) is 12.4. The molecule has 5 nitrogen and oxygen atoms in total. The third-order valence-electron chi connectivity index (χ3n) is 5.84. The summed E-state index contributed by atoms with van der Waals surface area (Å²) >= 11 is 0. The molecule has 2 rings (SSSR count). The smallest absolute Gasteiger partial charge is 0.126 e. The van der Waals surface area contributed by atoms with Gasteiger partial charge in [0, 0.05) is 5.56 Å². The number of hydrogen-bond acceptors (Lipinski definition) is 5. The van der Waals surface area contributed by atoms with Crippen molar-refractivity contribution in [1.82, 2.24) is 0 Å². The van der Waals surface area contributed by atoms with Gasteiger partial charge in [-0.2, -0.15) is 0 Å². The summed E-state index contributed by atoms with van der Waals surface area (Å²) in [4.78, 5) is 0. The van der Waals surface area contributed by atoms with E-state index in [2.05, 4.69) is 6.92 Å². The fourth-order valence-electron chi connectivity index (χ4n) is 3.49. The molecule has 0 radical (unpaired) electrons. The summed E-state index contributed by atoms with van der Waals surface area (Å²) in [6.45, 7) is 6.15. The average molecular weight is 441 g/mol. The molecule has 0 unspecified atom stereocenters. The van der Waals surface area contributed by atoms with Crippen LogP contribution in [0.3, 0.4) is 0 Å². The number of aliphatic hydroxyl groups is 3. The van der Waals surface area contributed by atoms with Crippen LogP contribution in [0.25, 0.3) is 5.57 Å². The van der Waals surface area contributed by atoms with E-state index in [0.717, 1.165) is 28.9 Å². The summed E-state index contributed by atoms with van der Waals surface area (Å²) < 4.78 is 11.6. The fourth-order valence-corrected chi connectivity index (χ4v) is 3.49. The lowest BCUT2D eigenvalue weighted by Gasteiger charge is -2.20. The molecule has 5 heteroatoms. The topological polar surface area (TPSA) is 79.2 Å². The summed E-state index contributed by atoms with van der Waals surface area (Å²) in [5.74, 6) is 1.47. The van der Waals surface area contributed by atoms with Crippen molar-refractivity contribution in [2.75, 3.05) is 7.11 Å². The Kier molecular flexibility index (Phi) is 9.97. The number of ether oxygens (including phenoxy) is 2. The first kappa shape index (κ1) is 25.7. The number of aliphatic hydroxyl groups excluding tert-OH is 2. The molecule has 174 valence electrons. The Bertz CT molecular complexity index is 926. The lowest BCUT2D eigenvalue weighted by atomic mass is 9.96. The van der Waals surface area contributed by atoms with Crippen molar-refractivity contribution < 1.29 is 24.8 Å². The average Bonchev–Trinajstić information content (AvgIpc) is 2.84. The molecule has 2 aromatic rings.